The molecule has 1 aliphatic heterocycles. The number of nitrogens with zero attached hydrogens (tertiary/aromatic N) is 3. The number of hydrogen-bond donors (Lipinski definition) is 0. The Balaban J connectivity index is 0.000000292. The van der Waals surface area contributed by atoms with Gasteiger partial charge in [0.15, 0.2) is 0 Å². The molecule has 1 rings (SSSR count). The van der Waals surface area contributed by atoms with Crippen molar-refractivity contribution in [1.29, 1.82) is 0 Å². The molecule has 14 heavy (non-hydrogen) atoms. The SMILES string of the molecule is CC[N+]1(CC)C=CN=N1.F[B-](F)(F)F. The molecule has 0 aromatic rings. The zero-order chi connectivity index (χ0) is 11.2. The average molecular weight is 213 g/mol. The molecule has 0 N–H and O–H groups in total. The predicted octanol–water partition coefficient (Wildman–Crippen LogP) is 3.00. The number of quaternary nitrogens is 1. The van der Waals surface area contributed by atoms with Gasteiger partial charge in [0.25, 0.3) is 0 Å². The third-order valence-corrected chi connectivity index (χ3v) is 1.74. The van der Waals surface area contributed by atoms with Gasteiger partial charge < -0.3 is 17.3 Å². The van der Waals surface area contributed by atoms with Crippen molar-refractivity contribution in [2.24, 2.45) is 10.3 Å². The van der Waals surface area contributed by atoms with E-state index in [0.717, 1.165) is 13.1 Å². The minimum absolute atomic E-state index is 0.667. The molecule has 0 atom stereocenters. The lowest BCUT2D eigenvalue weighted by molar-refractivity contribution is -0.883. The fourth-order valence-corrected chi connectivity index (χ4v) is 0.877. The molecule has 0 aromatic heterocycles. The molecule has 0 fully saturated rings. The van der Waals surface area contributed by atoms with E-state index in [4.69, 9.17) is 0 Å². The lowest BCUT2D eigenvalue weighted by Gasteiger charge is -2.19. The van der Waals surface area contributed by atoms with Gasteiger partial charge in [-0.1, -0.05) is 0 Å². The molecule has 3 nitrogen and oxygen atoms in total. The molecule has 1 aliphatic rings. The standard InChI is InChI=1S/C6H12N3.BF4/c1-3-9(4-2)6-5-7-8-9;2-1(3,4)5/h5-6H,3-4H2,1-2H3;/q+1;-1. The predicted molar refractivity (Wildman–Crippen MR) is 45.5 cm³/mol. The largest absolute Gasteiger partial charge is 0.673 e. The van der Waals surface area contributed by atoms with Crippen molar-refractivity contribution < 1.29 is 21.9 Å². The van der Waals surface area contributed by atoms with Crippen LogP contribution in [0, 0.1) is 0 Å². The zero-order valence-electron chi connectivity index (χ0n) is 8.00. The quantitative estimate of drug-likeness (QED) is 0.382. The molecule has 1 heterocycles. The summed E-state index contributed by atoms with van der Waals surface area (Å²) < 4.78 is 39.7. The smallest absolute Gasteiger partial charge is 0.418 e. The van der Waals surface area contributed by atoms with Crippen molar-refractivity contribution >= 4 is 7.25 Å². The fourth-order valence-electron chi connectivity index (χ4n) is 0.877. The number of rotatable bonds is 2. The summed E-state index contributed by atoms with van der Waals surface area (Å²) in [5, 5.41) is 7.85. The van der Waals surface area contributed by atoms with Crippen LogP contribution in [0.3, 0.4) is 0 Å². The maximum atomic E-state index is 9.75. The second-order valence-corrected chi connectivity index (χ2v) is 2.62. The van der Waals surface area contributed by atoms with Crippen LogP contribution in [0.1, 0.15) is 13.8 Å². The summed E-state index contributed by atoms with van der Waals surface area (Å²) >= 11 is 0. The minimum Gasteiger partial charge on any atom is -0.418 e. The van der Waals surface area contributed by atoms with E-state index in [1.54, 1.807) is 6.20 Å². The summed E-state index contributed by atoms with van der Waals surface area (Å²) in [6, 6.07) is 0. The van der Waals surface area contributed by atoms with Crippen LogP contribution in [0.25, 0.3) is 0 Å². The van der Waals surface area contributed by atoms with Crippen LogP contribution in [0.15, 0.2) is 22.7 Å². The molecular weight excluding hydrogens is 201 g/mol. The molecule has 0 aromatic carbocycles. The summed E-state index contributed by atoms with van der Waals surface area (Å²) in [4.78, 5) is 0. The van der Waals surface area contributed by atoms with E-state index in [0.29, 0.717) is 4.59 Å². The van der Waals surface area contributed by atoms with Crippen molar-refractivity contribution in [3.63, 3.8) is 0 Å². The molecule has 0 saturated heterocycles. The Kier molecular flexibility index (Phi) is 4.75. The molecule has 0 saturated carbocycles. The van der Waals surface area contributed by atoms with Crippen LogP contribution >= 0.6 is 0 Å². The summed E-state index contributed by atoms with van der Waals surface area (Å²) in [5.74, 6) is 0. The zero-order valence-corrected chi connectivity index (χ0v) is 8.00. The van der Waals surface area contributed by atoms with Crippen LogP contribution in [-0.4, -0.2) is 24.9 Å². The molecule has 0 amide bonds. The topological polar surface area (TPSA) is 24.7 Å². The first-order valence-corrected chi connectivity index (χ1v) is 4.17. The highest BCUT2D eigenvalue weighted by atomic mass is 19.5. The van der Waals surface area contributed by atoms with E-state index in [2.05, 4.69) is 24.2 Å². The van der Waals surface area contributed by atoms with Gasteiger partial charge >= 0.3 is 7.25 Å². The first-order chi connectivity index (χ1) is 6.33. The van der Waals surface area contributed by atoms with Crippen molar-refractivity contribution in [2.75, 3.05) is 13.1 Å². The van der Waals surface area contributed by atoms with E-state index < -0.39 is 7.25 Å². The van der Waals surface area contributed by atoms with Crippen LogP contribution in [0.5, 0.6) is 0 Å². The van der Waals surface area contributed by atoms with E-state index >= 15 is 0 Å². The van der Waals surface area contributed by atoms with Gasteiger partial charge in [0.05, 0.1) is 0 Å². The second kappa shape index (κ2) is 5.09. The molecule has 82 valence electrons. The maximum absolute atomic E-state index is 9.75. The van der Waals surface area contributed by atoms with Gasteiger partial charge in [-0.05, 0) is 13.8 Å². The lowest BCUT2D eigenvalue weighted by Crippen LogP contribution is -2.34. The van der Waals surface area contributed by atoms with E-state index in [9.17, 15) is 17.3 Å². The Morgan fingerprint density at radius 3 is 1.71 bits per heavy atom. The molecule has 8 heteroatoms. The highest BCUT2D eigenvalue weighted by Crippen LogP contribution is 2.14. The van der Waals surface area contributed by atoms with Gasteiger partial charge in [-0.3, -0.25) is 0 Å². The summed E-state index contributed by atoms with van der Waals surface area (Å²) in [5.41, 5.74) is 0. The summed E-state index contributed by atoms with van der Waals surface area (Å²) in [6.07, 6.45) is 3.77. The Hall–Kier alpha value is -0.915. The maximum Gasteiger partial charge on any atom is 0.673 e. The van der Waals surface area contributed by atoms with Crippen LogP contribution < -0.4 is 0 Å². The molecule has 0 aliphatic carbocycles. The van der Waals surface area contributed by atoms with Crippen LogP contribution in [0.4, 0.5) is 17.3 Å². The molecule has 0 spiro atoms. The number of hydrogen-bond acceptors (Lipinski definition) is 2. The normalized spacial score (nSPS) is 17.9. The Labute approximate surface area is 79.8 Å². The van der Waals surface area contributed by atoms with Crippen molar-refractivity contribution in [1.82, 2.24) is 0 Å². The van der Waals surface area contributed by atoms with Crippen LogP contribution in [-0.2, 0) is 0 Å². The van der Waals surface area contributed by atoms with Gasteiger partial charge in [-0.2, -0.15) is 4.59 Å². The van der Waals surface area contributed by atoms with Gasteiger partial charge in [0.1, 0.15) is 25.5 Å². The molecule has 0 bridgehead atoms. The van der Waals surface area contributed by atoms with Gasteiger partial charge in [-0.25, -0.2) is 0 Å². The third-order valence-electron chi connectivity index (χ3n) is 1.74. The highest BCUT2D eigenvalue weighted by molar-refractivity contribution is 6.50. The average Bonchev–Trinajstić information content (AvgIpc) is 2.50. The number of halogens is 4. The fraction of sp³-hybridized carbons (Fsp3) is 0.667. The Morgan fingerprint density at radius 2 is 1.57 bits per heavy atom. The van der Waals surface area contributed by atoms with E-state index in [-0.39, 0.29) is 0 Å². The van der Waals surface area contributed by atoms with Gasteiger partial charge in [-0.15, -0.1) is 5.11 Å². The highest BCUT2D eigenvalue weighted by Gasteiger charge is 2.22. The second-order valence-electron chi connectivity index (χ2n) is 2.62. The Morgan fingerprint density at radius 1 is 1.14 bits per heavy atom. The minimum atomic E-state index is -6.00. The van der Waals surface area contributed by atoms with Gasteiger partial charge in [0.2, 0.25) is 0 Å². The first kappa shape index (κ1) is 13.1. The molecule has 0 radical (unpaired) electrons. The Bertz CT molecular complexity index is 202. The first-order valence-electron chi connectivity index (χ1n) is 4.17. The van der Waals surface area contributed by atoms with E-state index in [1.807, 2.05) is 6.20 Å². The van der Waals surface area contributed by atoms with Gasteiger partial charge in [0, 0.05) is 5.22 Å². The van der Waals surface area contributed by atoms with Crippen LogP contribution in [0.2, 0.25) is 0 Å². The van der Waals surface area contributed by atoms with Crippen molar-refractivity contribution in [3.8, 4) is 0 Å². The monoisotopic (exact) mass is 213 g/mol. The summed E-state index contributed by atoms with van der Waals surface area (Å²) in [6.45, 7) is 6.21. The van der Waals surface area contributed by atoms with Crippen molar-refractivity contribution in [3.05, 3.63) is 12.4 Å². The molecular formula is C6H12BF4N3. The third kappa shape index (κ3) is 5.68. The van der Waals surface area contributed by atoms with Crippen molar-refractivity contribution in [2.45, 2.75) is 13.8 Å². The lowest BCUT2D eigenvalue weighted by atomic mass is 10.3. The summed E-state index contributed by atoms with van der Waals surface area (Å²) in [7, 11) is -6.00. The molecule has 0 unspecified atom stereocenters. The van der Waals surface area contributed by atoms with E-state index in [1.165, 1.54) is 0 Å².